The molecule has 1 aromatic heterocycles. The number of urea groups is 1. The molecule has 4 rings (SSSR count). The molecule has 1 atom stereocenters. The molecule has 0 saturated carbocycles. The maximum Gasteiger partial charge on any atom is 0.337 e. The average Bonchev–Trinajstić information content (AvgIpc) is 3.23. The minimum absolute atomic E-state index is 0.270. The van der Waals surface area contributed by atoms with E-state index in [1.54, 1.807) is 24.3 Å². The molecule has 1 aliphatic rings. The van der Waals surface area contributed by atoms with E-state index in [4.69, 9.17) is 11.6 Å². The van der Waals surface area contributed by atoms with Gasteiger partial charge in [-0.2, -0.15) is 0 Å². The van der Waals surface area contributed by atoms with Gasteiger partial charge in [0.2, 0.25) is 0 Å². The zero-order chi connectivity index (χ0) is 21.3. The van der Waals surface area contributed by atoms with Crippen molar-refractivity contribution in [3.8, 4) is 0 Å². The van der Waals surface area contributed by atoms with Gasteiger partial charge in [-0.05, 0) is 42.5 Å². The maximum atomic E-state index is 14.7. The van der Waals surface area contributed by atoms with Crippen molar-refractivity contribution >= 4 is 29.3 Å². The highest BCUT2D eigenvalue weighted by atomic mass is 35.5. The molecule has 2 heterocycles. The summed E-state index contributed by atoms with van der Waals surface area (Å²) in [5.41, 5.74) is 2.57. The number of esters is 1. The van der Waals surface area contributed by atoms with Gasteiger partial charge < -0.3 is 19.9 Å². The highest BCUT2D eigenvalue weighted by Gasteiger charge is 2.35. The van der Waals surface area contributed by atoms with Crippen LogP contribution >= 0.6 is 11.6 Å². The van der Waals surface area contributed by atoms with Crippen molar-refractivity contribution in [2.24, 2.45) is 0 Å². The van der Waals surface area contributed by atoms with Crippen LogP contribution in [0.4, 0.5) is 14.9 Å². The average molecular weight is 429 g/mol. The molecule has 0 unspecified atom stereocenters. The number of carbonyl (C=O) groups excluding carboxylic acids is 2. The fraction of sp³-hybridized carbons (Fsp3) is 0.190. The molecule has 0 spiro atoms. The van der Waals surface area contributed by atoms with E-state index in [-0.39, 0.29) is 5.56 Å². The minimum atomic E-state index is -0.729. The predicted molar refractivity (Wildman–Crippen MR) is 109 cm³/mol. The molecule has 0 fully saturated rings. The first-order valence-corrected chi connectivity index (χ1v) is 9.59. The number of ether oxygens (including phenoxy) is 1. The maximum absolute atomic E-state index is 14.7. The second-order valence-electron chi connectivity index (χ2n) is 6.78. The number of halogens is 2. The van der Waals surface area contributed by atoms with Crippen molar-refractivity contribution in [1.29, 1.82) is 0 Å². The lowest BCUT2D eigenvalue weighted by Crippen LogP contribution is -2.43. The lowest BCUT2D eigenvalue weighted by Gasteiger charge is -2.35. The van der Waals surface area contributed by atoms with E-state index in [2.05, 4.69) is 20.0 Å². The fourth-order valence-electron chi connectivity index (χ4n) is 3.54. The van der Waals surface area contributed by atoms with Crippen molar-refractivity contribution in [2.75, 3.05) is 19.0 Å². The van der Waals surface area contributed by atoms with Gasteiger partial charge in [-0.15, -0.1) is 0 Å². The molecule has 30 heavy (non-hydrogen) atoms. The Morgan fingerprint density at radius 2 is 2.03 bits per heavy atom. The third kappa shape index (κ3) is 3.73. The molecule has 7 nitrogen and oxygen atoms in total. The molecule has 2 aromatic carbocycles. The highest BCUT2D eigenvalue weighted by Crippen LogP contribution is 2.36. The normalized spacial score (nSPS) is 15.4. The largest absolute Gasteiger partial charge is 0.465 e. The molecule has 1 aliphatic heterocycles. The number of hydrogen-bond acceptors (Lipinski definition) is 4. The van der Waals surface area contributed by atoms with Crippen LogP contribution in [0.1, 0.15) is 33.4 Å². The zero-order valence-electron chi connectivity index (χ0n) is 16.0. The number of nitrogens with one attached hydrogen (secondary N) is 2. The van der Waals surface area contributed by atoms with Crippen LogP contribution in [0.2, 0.25) is 5.02 Å². The summed E-state index contributed by atoms with van der Waals surface area (Å²) < 4.78 is 19.3. The number of carbonyl (C=O) groups is 2. The van der Waals surface area contributed by atoms with Gasteiger partial charge in [-0.25, -0.2) is 19.0 Å². The second-order valence-corrected chi connectivity index (χ2v) is 7.21. The third-order valence-electron chi connectivity index (χ3n) is 5.00. The number of benzene rings is 2. The number of imidazole rings is 1. The highest BCUT2D eigenvalue weighted by molar-refractivity contribution is 6.30. The molecule has 0 radical (unpaired) electrons. The molecular formula is C21H18ClFN4O3. The van der Waals surface area contributed by atoms with E-state index in [0.29, 0.717) is 34.9 Å². The number of anilines is 1. The van der Waals surface area contributed by atoms with E-state index in [1.165, 1.54) is 36.5 Å². The van der Waals surface area contributed by atoms with E-state index < -0.39 is 23.9 Å². The Morgan fingerprint density at radius 1 is 1.27 bits per heavy atom. The van der Waals surface area contributed by atoms with Gasteiger partial charge in [0.15, 0.2) is 0 Å². The standard InChI is InChI=1S/C21H18ClFN4O3/c1-30-20(28)12-2-5-14(6-3-12)26-21(29)27-9-8-17-18(25-11-24-17)19(27)15-10-13(22)4-7-16(15)23/h2-7,10-11,19H,8-9H2,1H3,(H,24,25)(H,26,29)/t19-/m0/s1. The molecule has 0 bridgehead atoms. The second kappa shape index (κ2) is 8.16. The van der Waals surface area contributed by atoms with Gasteiger partial charge in [0, 0.05) is 34.9 Å². The first-order chi connectivity index (χ1) is 14.5. The predicted octanol–water partition coefficient (Wildman–Crippen LogP) is 4.17. The minimum Gasteiger partial charge on any atom is -0.465 e. The first kappa shape index (κ1) is 19.9. The topological polar surface area (TPSA) is 87.3 Å². The van der Waals surface area contributed by atoms with E-state index in [0.717, 1.165) is 5.69 Å². The molecule has 3 aromatic rings. The van der Waals surface area contributed by atoms with Gasteiger partial charge in [0.05, 0.1) is 24.7 Å². The smallest absolute Gasteiger partial charge is 0.337 e. The lowest BCUT2D eigenvalue weighted by atomic mass is 9.95. The monoisotopic (exact) mass is 428 g/mol. The van der Waals surface area contributed by atoms with Crippen molar-refractivity contribution in [3.63, 3.8) is 0 Å². The number of aromatic nitrogens is 2. The summed E-state index contributed by atoms with van der Waals surface area (Å²) in [5.74, 6) is -0.938. The van der Waals surface area contributed by atoms with Crippen molar-refractivity contribution in [3.05, 3.63) is 82.1 Å². The van der Waals surface area contributed by atoms with Crippen LogP contribution in [0.15, 0.2) is 48.8 Å². The SMILES string of the molecule is COC(=O)c1ccc(NC(=O)N2CCc3[nH]cnc3[C@@H]2c2cc(Cl)ccc2F)cc1. The zero-order valence-corrected chi connectivity index (χ0v) is 16.7. The van der Waals surface area contributed by atoms with Crippen LogP contribution in [0.5, 0.6) is 0 Å². The Labute approximate surface area is 176 Å². The third-order valence-corrected chi connectivity index (χ3v) is 5.23. The summed E-state index contributed by atoms with van der Waals surface area (Å²) in [4.78, 5) is 33.6. The van der Waals surface area contributed by atoms with Crippen LogP contribution in [-0.4, -0.2) is 40.5 Å². The quantitative estimate of drug-likeness (QED) is 0.613. The number of hydrogen-bond donors (Lipinski definition) is 2. The van der Waals surface area contributed by atoms with Crippen molar-refractivity contribution < 1.29 is 18.7 Å². The van der Waals surface area contributed by atoms with E-state index in [1.807, 2.05) is 0 Å². The number of rotatable bonds is 3. The van der Waals surface area contributed by atoms with Crippen molar-refractivity contribution in [1.82, 2.24) is 14.9 Å². The Balaban J connectivity index is 1.64. The summed E-state index contributed by atoms with van der Waals surface area (Å²) in [6.45, 7) is 0.359. The number of nitrogens with zero attached hydrogens (tertiary/aromatic N) is 2. The van der Waals surface area contributed by atoms with Crippen LogP contribution in [0.3, 0.4) is 0 Å². The van der Waals surface area contributed by atoms with Crippen LogP contribution < -0.4 is 5.32 Å². The van der Waals surface area contributed by atoms with Crippen LogP contribution in [0.25, 0.3) is 0 Å². The van der Waals surface area contributed by atoms with Gasteiger partial charge in [-0.3, -0.25) is 0 Å². The molecule has 2 amide bonds. The van der Waals surface area contributed by atoms with Gasteiger partial charge in [-0.1, -0.05) is 11.6 Å². The Hall–Kier alpha value is -3.39. The Bertz CT molecular complexity index is 1100. The lowest BCUT2D eigenvalue weighted by molar-refractivity contribution is 0.0600. The molecule has 0 aliphatic carbocycles. The number of aromatic amines is 1. The van der Waals surface area contributed by atoms with Gasteiger partial charge in [0.1, 0.15) is 11.9 Å². The van der Waals surface area contributed by atoms with Crippen LogP contribution in [0, 0.1) is 5.82 Å². The van der Waals surface area contributed by atoms with Gasteiger partial charge in [0.25, 0.3) is 0 Å². The number of amides is 2. The summed E-state index contributed by atoms with van der Waals surface area (Å²) in [7, 11) is 1.30. The summed E-state index contributed by atoms with van der Waals surface area (Å²) in [6, 6.07) is 9.41. The Kier molecular flexibility index (Phi) is 5.41. The van der Waals surface area contributed by atoms with Gasteiger partial charge >= 0.3 is 12.0 Å². The fourth-order valence-corrected chi connectivity index (χ4v) is 3.72. The molecule has 2 N–H and O–H groups in total. The Morgan fingerprint density at radius 3 is 2.77 bits per heavy atom. The summed E-state index contributed by atoms with van der Waals surface area (Å²) >= 11 is 6.09. The molecule has 0 saturated heterocycles. The van der Waals surface area contributed by atoms with Crippen LogP contribution in [-0.2, 0) is 11.2 Å². The summed E-state index contributed by atoms with van der Waals surface area (Å²) in [5, 5.41) is 3.16. The summed E-state index contributed by atoms with van der Waals surface area (Å²) in [6.07, 6.45) is 2.09. The number of H-pyrrole nitrogens is 1. The molecular weight excluding hydrogens is 411 g/mol. The van der Waals surface area contributed by atoms with E-state index in [9.17, 15) is 14.0 Å². The number of methoxy groups -OCH3 is 1. The molecule has 154 valence electrons. The number of fused-ring (bicyclic) bond motifs is 1. The molecule has 9 heteroatoms. The first-order valence-electron chi connectivity index (χ1n) is 9.21. The van der Waals surface area contributed by atoms with Crippen molar-refractivity contribution in [2.45, 2.75) is 12.5 Å². The van der Waals surface area contributed by atoms with E-state index >= 15 is 0 Å².